The molecule has 1 unspecified atom stereocenters. The van der Waals surface area contributed by atoms with Crippen LogP contribution in [0.1, 0.15) is 69.6 Å². The van der Waals surface area contributed by atoms with Crippen molar-refractivity contribution in [3.05, 3.63) is 39.4 Å². The first-order valence-corrected chi connectivity index (χ1v) is 13.6. The number of ether oxygens (including phenoxy) is 3. The number of amides is 1. The fourth-order valence-electron chi connectivity index (χ4n) is 4.07. The Morgan fingerprint density at radius 1 is 1.13 bits per heavy atom. The van der Waals surface area contributed by atoms with Gasteiger partial charge < -0.3 is 24.8 Å². The largest absolute Gasteiger partial charge is 0.479 e. The number of aromatic nitrogens is 3. The van der Waals surface area contributed by atoms with Crippen LogP contribution in [0.4, 0.5) is 11.6 Å². The number of halogens is 1. The molecule has 0 spiro atoms. The van der Waals surface area contributed by atoms with Gasteiger partial charge in [-0.1, -0.05) is 57.6 Å². The Hall–Kier alpha value is -3.11. The molecule has 1 atom stereocenters. The fraction of sp³-hybridized carbons (Fsp3) is 0.481. The number of anilines is 2. The second-order valence-electron chi connectivity index (χ2n) is 11.1. The third kappa shape index (κ3) is 5.81. The van der Waals surface area contributed by atoms with Gasteiger partial charge in [-0.3, -0.25) is 4.79 Å². The molecule has 38 heavy (non-hydrogen) atoms. The molecule has 1 amide bonds. The van der Waals surface area contributed by atoms with E-state index < -0.39 is 5.91 Å². The van der Waals surface area contributed by atoms with Gasteiger partial charge in [-0.15, -0.1) is 0 Å². The molecule has 2 heterocycles. The highest BCUT2D eigenvalue weighted by atomic mass is 35.5. The second kappa shape index (κ2) is 10.6. The monoisotopic (exact) mass is 559 g/mol. The van der Waals surface area contributed by atoms with Crippen LogP contribution in [0.15, 0.2) is 17.5 Å². The average molecular weight is 560 g/mol. The van der Waals surface area contributed by atoms with Gasteiger partial charge >= 0.3 is 0 Å². The van der Waals surface area contributed by atoms with Crippen molar-refractivity contribution >= 4 is 40.5 Å². The molecule has 1 aliphatic rings. The number of benzene rings is 1. The first kappa shape index (κ1) is 27.9. The first-order chi connectivity index (χ1) is 17.8. The van der Waals surface area contributed by atoms with E-state index in [-0.39, 0.29) is 40.0 Å². The summed E-state index contributed by atoms with van der Waals surface area (Å²) in [5, 5.41) is 8.45. The molecular formula is C27H34ClN5O4S. The number of methoxy groups -OCH3 is 2. The van der Waals surface area contributed by atoms with Gasteiger partial charge in [0.25, 0.3) is 11.1 Å². The predicted molar refractivity (Wildman–Crippen MR) is 151 cm³/mol. The van der Waals surface area contributed by atoms with Crippen LogP contribution in [0.25, 0.3) is 0 Å². The van der Waals surface area contributed by atoms with Crippen LogP contribution in [0.2, 0.25) is 5.02 Å². The second-order valence-corrected chi connectivity index (χ2v) is 12.3. The van der Waals surface area contributed by atoms with Gasteiger partial charge in [-0.05, 0) is 53.9 Å². The quantitative estimate of drug-likeness (QED) is 0.313. The molecular weight excluding hydrogens is 526 g/mol. The van der Waals surface area contributed by atoms with Crippen LogP contribution in [0, 0.1) is 5.41 Å². The first-order valence-electron chi connectivity index (χ1n) is 12.4. The van der Waals surface area contributed by atoms with Crippen LogP contribution in [-0.2, 0) is 11.8 Å². The summed E-state index contributed by atoms with van der Waals surface area (Å²) in [5.41, 5.74) is 2.86. The van der Waals surface area contributed by atoms with Crippen molar-refractivity contribution in [1.82, 2.24) is 15.0 Å². The minimum atomic E-state index is -0.485. The molecule has 1 aliphatic carbocycles. The molecule has 0 saturated heterocycles. The normalized spacial score (nSPS) is 15.0. The third-order valence-corrected chi connectivity index (χ3v) is 7.94. The van der Waals surface area contributed by atoms with Crippen molar-refractivity contribution in [2.75, 3.05) is 24.9 Å². The van der Waals surface area contributed by atoms with Gasteiger partial charge in [0.15, 0.2) is 5.69 Å². The molecule has 0 fully saturated rings. The zero-order chi connectivity index (χ0) is 27.8. The lowest BCUT2D eigenvalue weighted by atomic mass is 9.86. The molecule has 0 saturated carbocycles. The van der Waals surface area contributed by atoms with Crippen LogP contribution >= 0.6 is 22.9 Å². The third-order valence-electron chi connectivity index (χ3n) is 6.93. The van der Waals surface area contributed by atoms with Crippen LogP contribution in [-0.4, -0.2) is 41.1 Å². The van der Waals surface area contributed by atoms with E-state index in [4.69, 9.17) is 25.8 Å². The lowest BCUT2D eigenvalue weighted by Gasteiger charge is -2.28. The Kier molecular flexibility index (Phi) is 7.76. The summed E-state index contributed by atoms with van der Waals surface area (Å²) in [7, 11) is 2.93. The highest BCUT2D eigenvalue weighted by Gasteiger charge is 2.31. The molecule has 9 nitrogen and oxygen atoms in total. The summed E-state index contributed by atoms with van der Waals surface area (Å²) < 4.78 is 16.9. The predicted octanol–water partition coefficient (Wildman–Crippen LogP) is 6.72. The molecule has 204 valence electrons. The molecule has 0 bridgehead atoms. The SMILES string of the molecule is COc1nc(NC(C)C(C)(C)C)nc(OC)c1NC(=O)c1csc(Oc2cc3c(cc2Cl)CCC3(C)C)n1. The molecule has 1 aromatic carbocycles. The maximum Gasteiger partial charge on any atom is 0.279 e. The summed E-state index contributed by atoms with van der Waals surface area (Å²) >= 11 is 7.69. The number of hydrogen-bond acceptors (Lipinski definition) is 9. The minimum Gasteiger partial charge on any atom is -0.479 e. The van der Waals surface area contributed by atoms with E-state index in [0.29, 0.717) is 21.9 Å². The summed E-state index contributed by atoms with van der Waals surface area (Å²) in [5.74, 6) is 0.686. The van der Waals surface area contributed by atoms with Gasteiger partial charge in [0.05, 0.1) is 19.2 Å². The Balaban J connectivity index is 1.53. The number of thiazole rings is 1. The molecule has 3 aromatic rings. The summed E-state index contributed by atoms with van der Waals surface area (Å²) in [6.45, 7) is 12.8. The molecule has 0 aliphatic heterocycles. The highest BCUT2D eigenvalue weighted by molar-refractivity contribution is 7.11. The van der Waals surface area contributed by atoms with Crippen molar-refractivity contribution < 1.29 is 19.0 Å². The number of nitrogens with one attached hydrogen (secondary N) is 2. The van der Waals surface area contributed by atoms with E-state index in [9.17, 15) is 4.79 Å². The van der Waals surface area contributed by atoms with E-state index in [1.165, 1.54) is 36.7 Å². The number of rotatable bonds is 8. The fourth-order valence-corrected chi connectivity index (χ4v) is 4.96. The van der Waals surface area contributed by atoms with Gasteiger partial charge in [-0.2, -0.15) is 15.0 Å². The maximum atomic E-state index is 13.1. The zero-order valence-electron chi connectivity index (χ0n) is 23.0. The van der Waals surface area contributed by atoms with Crippen molar-refractivity contribution in [3.63, 3.8) is 0 Å². The molecule has 2 aromatic heterocycles. The summed E-state index contributed by atoms with van der Waals surface area (Å²) in [6, 6.07) is 4.01. The molecule has 2 N–H and O–H groups in total. The number of nitrogens with zero attached hydrogens (tertiary/aromatic N) is 3. The van der Waals surface area contributed by atoms with Crippen molar-refractivity contribution in [2.45, 2.75) is 65.8 Å². The Morgan fingerprint density at radius 2 is 1.79 bits per heavy atom. The Bertz CT molecular complexity index is 1330. The van der Waals surface area contributed by atoms with E-state index in [1.54, 1.807) is 5.38 Å². The Morgan fingerprint density at radius 3 is 2.39 bits per heavy atom. The summed E-state index contributed by atoms with van der Waals surface area (Å²) in [6.07, 6.45) is 2.06. The van der Waals surface area contributed by atoms with E-state index in [1.807, 2.05) is 19.1 Å². The van der Waals surface area contributed by atoms with Crippen molar-refractivity contribution in [3.8, 4) is 22.7 Å². The lowest BCUT2D eigenvalue weighted by molar-refractivity contribution is 0.102. The average Bonchev–Trinajstić information content (AvgIpc) is 3.43. The van der Waals surface area contributed by atoms with Crippen LogP contribution < -0.4 is 24.8 Å². The van der Waals surface area contributed by atoms with Gasteiger partial charge in [0, 0.05) is 11.4 Å². The number of hydrogen-bond donors (Lipinski definition) is 2. The number of fused-ring (bicyclic) bond motifs is 1. The topological polar surface area (TPSA) is 107 Å². The van der Waals surface area contributed by atoms with Crippen molar-refractivity contribution in [2.24, 2.45) is 5.41 Å². The van der Waals surface area contributed by atoms with Crippen LogP contribution in [0.3, 0.4) is 0 Å². The van der Waals surface area contributed by atoms with E-state index in [0.717, 1.165) is 12.8 Å². The molecule has 11 heteroatoms. The lowest BCUT2D eigenvalue weighted by Crippen LogP contribution is -2.31. The smallest absolute Gasteiger partial charge is 0.279 e. The minimum absolute atomic E-state index is 0.0264. The van der Waals surface area contributed by atoms with E-state index >= 15 is 0 Å². The van der Waals surface area contributed by atoms with Crippen LogP contribution in [0.5, 0.6) is 22.7 Å². The molecule has 4 rings (SSSR count). The van der Waals surface area contributed by atoms with E-state index in [2.05, 4.69) is 60.2 Å². The molecule has 0 radical (unpaired) electrons. The number of carbonyl (C=O) groups excluding carboxylic acids is 1. The van der Waals surface area contributed by atoms with Gasteiger partial charge in [0.1, 0.15) is 11.4 Å². The van der Waals surface area contributed by atoms with Gasteiger partial charge in [0.2, 0.25) is 17.7 Å². The number of aryl methyl sites for hydroxylation is 1. The standard InChI is InChI=1S/C27H34ClN5O4S/c1-14(26(2,3)4)29-24-32-22(35-7)20(23(33-24)36-8)31-21(34)18-13-38-25(30-18)37-19-12-16-15(11-17(19)28)9-10-27(16,5)6/h11-14H,9-10H2,1-8H3,(H,31,34)(H,29,32,33). The highest BCUT2D eigenvalue weighted by Crippen LogP contribution is 2.44. The summed E-state index contributed by atoms with van der Waals surface area (Å²) in [4.78, 5) is 26.3. The van der Waals surface area contributed by atoms with Gasteiger partial charge in [-0.25, -0.2) is 0 Å². The maximum absolute atomic E-state index is 13.1. The number of carbonyl (C=O) groups is 1. The zero-order valence-corrected chi connectivity index (χ0v) is 24.6. The Labute approximate surface area is 232 Å². The van der Waals surface area contributed by atoms with Crippen molar-refractivity contribution in [1.29, 1.82) is 0 Å².